The van der Waals surface area contributed by atoms with E-state index in [1.807, 2.05) is 24.3 Å². The van der Waals surface area contributed by atoms with Crippen LogP contribution in [0.25, 0.3) is 0 Å². The SMILES string of the molecule is CCOC(=O)C1=C(C)NC(=O)N[C@@H]1c1ccc(OCC(=O)N/N=C\c2ccc(OCc3ccccc3Cl)cc2)c(OC)c1. The molecule has 4 rings (SSSR count). The van der Waals surface area contributed by atoms with Gasteiger partial charge in [0.1, 0.15) is 12.4 Å². The lowest BCUT2D eigenvalue weighted by molar-refractivity contribution is -0.139. The molecule has 0 bridgehead atoms. The summed E-state index contributed by atoms with van der Waals surface area (Å²) in [5, 5.41) is 9.94. The Hall–Kier alpha value is -5.03. The average Bonchev–Trinajstić information content (AvgIpc) is 3.00. The van der Waals surface area contributed by atoms with Crippen molar-refractivity contribution < 1.29 is 33.3 Å². The van der Waals surface area contributed by atoms with Crippen molar-refractivity contribution in [2.24, 2.45) is 5.10 Å². The van der Waals surface area contributed by atoms with Gasteiger partial charge in [-0.1, -0.05) is 35.9 Å². The standard InChI is InChI=1S/C31H31ClN4O7/c1-4-41-30(38)28-19(2)34-31(39)35-29(28)21-11-14-25(26(15-21)40-3)43-18-27(37)36-33-16-20-9-12-23(13-10-20)42-17-22-7-5-6-8-24(22)32/h5-16,29H,4,17-18H2,1-3H3,(H,36,37)(H2,34,35,39)/b33-16-/t29-/m1/s1. The van der Waals surface area contributed by atoms with Crippen molar-refractivity contribution in [3.8, 4) is 17.2 Å². The molecule has 1 atom stereocenters. The summed E-state index contributed by atoms with van der Waals surface area (Å²) in [6.45, 7) is 3.52. The Kier molecular flexibility index (Phi) is 10.6. The maximum atomic E-state index is 12.6. The minimum absolute atomic E-state index is 0.186. The third-order valence-corrected chi connectivity index (χ3v) is 6.65. The maximum absolute atomic E-state index is 12.6. The number of carbonyl (C=O) groups is 3. The second-order valence-corrected chi connectivity index (χ2v) is 9.64. The second-order valence-electron chi connectivity index (χ2n) is 9.23. The molecule has 0 spiro atoms. The maximum Gasteiger partial charge on any atom is 0.338 e. The van der Waals surface area contributed by atoms with E-state index in [1.165, 1.54) is 13.3 Å². The van der Waals surface area contributed by atoms with Gasteiger partial charge in [-0.15, -0.1) is 0 Å². The van der Waals surface area contributed by atoms with Crippen LogP contribution in [-0.4, -0.2) is 44.4 Å². The van der Waals surface area contributed by atoms with Crippen molar-refractivity contribution in [3.05, 3.63) is 99.7 Å². The van der Waals surface area contributed by atoms with Crippen molar-refractivity contribution in [2.45, 2.75) is 26.5 Å². The van der Waals surface area contributed by atoms with Gasteiger partial charge in [0.15, 0.2) is 18.1 Å². The first kappa shape index (κ1) is 30.9. The number of ether oxygens (including phenoxy) is 4. The van der Waals surface area contributed by atoms with Crippen LogP contribution in [0.15, 0.2) is 83.1 Å². The zero-order chi connectivity index (χ0) is 30.8. The normalized spacial score (nSPS) is 14.5. The molecular weight excluding hydrogens is 576 g/mol. The Morgan fingerprint density at radius 1 is 1.05 bits per heavy atom. The lowest BCUT2D eigenvalue weighted by atomic mass is 9.95. The minimum atomic E-state index is -0.767. The highest BCUT2D eigenvalue weighted by atomic mass is 35.5. The summed E-state index contributed by atoms with van der Waals surface area (Å²) < 4.78 is 22.0. The first-order chi connectivity index (χ1) is 20.8. The average molecular weight is 607 g/mol. The predicted molar refractivity (Wildman–Crippen MR) is 160 cm³/mol. The molecule has 12 heteroatoms. The van der Waals surface area contributed by atoms with Crippen LogP contribution in [0.3, 0.4) is 0 Å². The number of carbonyl (C=O) groups excluding carboxylic acids is 3. The van der Waals surface area contributed by atoms with E-state index in [9.17, 15) is 14.4 Å². The molecule has 3 amide bonds. The lowest BCUT2D eigenvalue weighted by Crippen LogP contribution is -2.45. The van der Waals surface area contributed by atoms with E-state index < -0.39 is 23.9 Å². The quantitative estimate of drug-likeness (QED) is 0.155. The molecule has 3 aromatic carbocycles. The summed E-state index contributed by atoms with van der Waals surface area (Å²) in [7, 11) is 1.44. The number of hydrogen-bond donors (Lipinski definition) is 3. The van der Waals surface area contributed by atoms with Crippen molar-refractivity contribution in [1.29, 1.82) is 0 Å². The number of allylic oxidation sites excluding steroid dienone is 1. The Morgan fingerprint density at radius 2 is 1.81 bits per heavy atom. The number of nitrogens with zero attached hydrogens (tertiary/aromatic N) is 1. The van der Waals surface area contributed by atoms with Crippen LogP contribution < -0.4 is 30.3 Å². The summed E-state index contributed by atoms with van der Waals surface area (Å²) >= 11 is 6.16. The highest BCUT2D eigenvalue weighted by molar-refractivity contribution is 6.31. The Bertz CT molecular complexity index is 1540. The van der Waals surface area contributed by atoms with Crippen molar-refractivity contribution >= 4 is 35.7 Å². The van der Waals surface area contributed by atoms with E-state index in [0.29, 0.717) is 34.4 Å². The first-order valence-corrected chi connectivity index (χ1v) is 13.7. The fourth-order valence-corrected chi connectivity index (χ4v) is 4.38. The van der Waals surface area contributed by atoms with Gasteiger partial charge < -0.3 is 29.6 Å². The van der Waals surface area contributed by atoms with Gasteiger partial charge in [-0.05, 0) is 67.4 Å². The summed E-state index contributed by atoms with van der Waals surface area (Å²) in [4.78, 5) is 37.1. The van der Waals surface area contributed by atoms with Gasteiger partial charge >= 0.3 is 12.0 Å². The molecule has 3 N–H and O–H groups in total. The molecule has 3 aromatic rings. The number of rotatable bonds is 12. The van der Waals surface area contributed by atoms with Gasteiger partial charge in [-0.25, -0.2) is 15.0 Å². The zero-order valence-electron chi connectivity index (χ0n) is 23.8. The molecule has 0 radical (unpaired) electrons. The fourth-order valence-electron chi connectivity index (χ4n) is 4.19. The van der Waals surface area contributed by atoms with E-state index in [-0.39, 0.29) is 24.5 Å². The van der Waals surface area contributed by atoms with E-state index in [2.05, 4.69) is 21.2 Å². The fraction of sp³-hybridized carbons (Fsp3) is 0.226. The molecule has 43 heavy (non-hydrogen) atoms. The Balaban J connectivity index is 1.31. The third kappa shape index (κ3) is 8.26. The zero-order valence-corrected chi connectivity index (χ0v) is 24.6. The van der Waals surface area contributed by atoms with Crippen LogP contribution in [0.4, 0.5) is 4.79 Å². The molecule has 0 fully saturated rings. The largest absolute Gasteiger partial charge is 0.493 e. The first-order valence-electron chi connectivity index (χ1n) is 13.3. The van der Waals surface area contributed by atoms with Gasteiger partial charge in [0, 0.05) is 16.3 Å². The molecule has 224 valence electrons. The van der Waals surface area contributed by atoms with E-state index in [0.717, 1.165) is 11.1 Å². The van der Waals surface area contributed by atoms with Crippen molar-refractivity contribution in [2.75, 3.05) is 20.3 Å². The predicted octanol–water partition coefficient (Wildman–Crippen LogP) is 4.65. The smallest absolute Gasteiger partial charge is 0.338 e. The number of esters is 1. The van der Waals surface area contributed by atoms with Crippen LogP contribution in [0, 0.1) is 0 Å². The van der Waals surface area contributed by atoms with E-state index >= 15 is 0 Å². The summed E-state index contributed by atoms with van der Waals surface area (Å²) in [6, 6.07) is 18.3. The molecule has 11 nitrogen and oxygen atoms in total. The van der Waals surface area contributed by atoms with Crippen LogP contribution >= 0.6 is 11.6 Å². The summed E-state index contributed by atoms with van der Waals surface area (Å²) in [5.41, 5.74) is 5.28. The molecule has 0 unspecified atom stereocenters. The number of hydrazone groups is 1. The molecule has 0 saturated heterocycles. The molecule has 0 aromatic heterocycles. The van der Waals surface area contributed by atoms with Gasteiger partial charge in [0.2, 0.25) is 0 Å². The van der Waals surface area contributed by atoms with Crippen LogP contribution in [0.1, 0.15) is 36.6 Å². The number of nitrogens with one attached hydrogen (secondary N) is 3. The summed E-state index contributed by atoms with van der Waals surface area (Å²) in [6.07, 6.45) is 1.50. The van der Waals surface area contributed by atoms with Crippen molar-refractivity contribution in [1.82, 2.24) is 16.1 Å². The monoisotopic (exact) mass is 606 g/mol. The minimum Gasteiger partial charge on any atom is -0.493 e. The van der Waals surface area contributed by atoms with Crippen LogP contribution in [0.5, 0.6) is 17.2 Å². The number of amides is 3. The second kappa shape index (κ2) is 14.7. The summed E-state index contributed by atoms with van der Waals surface area (Å²) in [5.74, 6) is 0.221. The van der Waals surface area contributed by atoms with E-state index in [4.69, 9.17) is 30.5 Å². The molecule has 1 aliphatic rings. The van der Waals surface area contributed by atoms with Gasteiger partial charge in [-0.3, -0.25) is 4.79 Å². The number of halogens is 1. The lowest BCUT2D eigenvalue weighted by Gasteiger charge is -2.28. The van der Waals surface area contributed by atoms with Crippen molar-refractivity contribution in [3.63, 3.8) is 0 Å². The van der Waals surface area contributed by atoms with Crippen LogP contribution in [0.2, 0.25) is 5.02 Å². The number of benzene rings is 3. The highest BCUT2D eigenvalue weighted by Crippen LogP contribution is 2.34. The topological polar surface area (TPSA) is 137 Å². The van der Waals surface area contributed by atoms with Gasteiger partial charge in [-0.2, -0.15) is 5.10 Å². The Labute approximate surface area is 253 Å². The highest BCUT2D eigenvalue weighted by Gasteiger charge is 2.32. The molecule has 0 aliphatic carbocycles. The van der Waals surface area contributed by atoms with E-state index in [1.54, 1.807) is 56.3 Å². The van der Waals surface area contributed by atoms with Gasteiger partial charge in [0.05, 0.1) is 31.5 Å². The Morgan fingerprint density at radius 3 is 2.53 bits per heavy atom. The number of urea groups is 1. The molecule has 1 aliphatic heterocycles. The number of hydrogen-bond acceptors (Lipinski definition) is 8. The molecule has 0 saturated carbocycles. The van der Waals surface area contributed by atoms with Gasteiger partial charge in [0.25, 0.3) is 5.91 Å². The third-order valence-electron chi connectivity index (χ3n) is 6.28. The molecule has 1 heterocycles. The van der Waals surface area contributed by atoms with Crippen LogP contribution in [-0.2, 0) is 20.9 Å². The number of methoxy groups -OCH3 is 1. The molecular formula is C31H31ClN4O7.